The van der Waals surface area contributed by atoms with Crippen molar-refractivity contribution < 1.29 is 23.0 Å². The third kappa shape index (κ3) is 5.84. The average molecular weight is 501 g/mol. The van der Waals surface area contributed by atoms with Crippen LogP contribution in [0.15, 0.2) is 77.7 Å². The molecule has 0 atom stereocenters. The van der Waals surface area contributed by atoms with Gasteiger partial charge in [0.1, 0.15) is 0 Å². The van der Waals surface area contributed by atoms with Gasteiger partial charge in [-0.05, 0) is 55.0 Å². The highest BCUT2D eigenvalue weighted by Gasteiger charge is 2.23. The molecule has 0 aliphatic carbocycles. The first-order valence-electron chi connectivity index (χ1n) is 10.6. The molecule has 176 valence electrons. The molecule has 0 bridgehead atoms. The number of aromatic nitrogens is 1. The van der Waals surface area contributed by atoms with Crippen LogP contribution < -0.4 is 14.4 Å². The van der Waals surface area contributed by atoms with E-state index in [1.165, 1.54) is 16.2 Å². The molecule has 4 rings (SSSR count). The van der Waals surface area contributed by atoms with E-state index < -0.39 is 5.76 Å². The van der Waals surface area contributed by atoms with E-state index in [9.17, 15) is 13.6 Å². The van der Waals surface area contributed by atoms with E-state index in [1.54, 1.807) is 36.4 Å². The fourth-order valence-corrected chi connectivity index (χ4v) is 4.70. The normalized spacial score (nSPS) is 11.1. The van der Waals surface area contributed by atoms with Crippen LogP contribution in [0.3, 0.4) is 0 Å². The number of amides is 1. The van der Waals surface area contributed by atoms with Crippen molar-refractivity contribution in [3.05, 3.63) is 72.8 Å². The molecule has 5 nitrogen and oxygen atoms in total. The van der Waals surface area contributed by atoms with Crippen molar-refractivity contribution in [2.75, 3.05) is 18.1 Å². The van der Waals surface area contributed by atoms with Crippen LogP contribution in [0.5, 0.6) is 11.5 Å². The van der Waals surface area contributed by atoms with Gasteiger partial charge < -0.3 is 9.47 Å². The van der Waals surface area contributed by atoms with Crippen molar-refractivity contribution in [2.24, 2.45) is 0 Å². The summed E-state index contributed by atoms with van der Waals surface area (Å²) in [5.74, 6) is -1.83. The van der Waals surface area contributed by atoms with Crippen molar-refractivity contribution in [1.82, 2.24) is 4.98 Å². The van der Waals surface area contributed by atoms with Gasteiger partial charge in [0, 0.05) is 4.90 Å². The summed E-state index contributed by atoms with van der Waals surface area (Å²) in [5, 5.41) is 0.472. The van der Waals surface area contributed by atoms with Crippen LogP contribution in [0, 0.1) is 0 Å². The molecular weight excluding hydrogens is 478 g/mol. The Morgan fingerprint density at radius 3 is 2.35 bits per heavy atom. The maximum Gasteiger partial charge on any atom is 0.288 e. The molecule has 34 heavy (non-hydrogen) atoms. The summed E-state index contributed by atoms with van der Waals surface area (Å²) in [6.45, 7) is 2.29. The molecule has 9 heteroatoms. The second-order valence-corrected chi connectivity index (χ2v) is 9.22. The van der Waals surface area contributed by atoms with Crippen LogP contribution in [0.2, 0.25) is 0 Å². The lowest BCUT2D eigenvalue weighted by atomic mass is 10.3. The molecule has 3 aromatic carbocycles. The standard InChI is InChI=1S/C25H22F2N2O3S2/c1-2-15-31-20-8-4-5-9-21(20)32-16-23(30)29(17-11-13-18(14-12-17)33-24(26)27)25-28-19-7-3-6-10-22(19)34-25/h3-14,24H,2,15-16H2,1H3. The van der Waals surface area contributed by atoms with Gasteiger partial charge >= 0.3 is 0 Å². The third-order valence-corrected chi connectivity index (χ3v) is 6.45. The highest BCUT2D eigenvalue weighted by molar-refractivity contribution is 7.99. The Labute approximate surface area is 204 Å². The SMILES string of the molecule is CCCOc1ccccc1OCC(=O)N(c1ccc(SC(F)F)cc1)c1nc2ccccc2s1. The topological polar surface area (TPSA) is 51.7 Å². The van der Waals surface area contributed by atoms with Gasteiger partial charge in [0.15, 0.2) is 23.2 Å². The lowest BCUT2D eigenvalue weighted by Crippen LogP contribution is -2.31. The zero-order valence-corrected chi connectivity index (χ0v) is 20.0. The van der Waals surface area contributed by atoms with E-state index in [0.717, 1.165) is 16.6 Å². The van der Waals surface area contributed by atoms with Crippen molar-refractivity contribution >= 4 is 50.0 Å². The summed E-state index contributed by atoms with van der Waals surface area (Å²) in [6, 6.07) is 21.2. The Balaban J connectivity index is 1.61. The van der Waals surface area contributed by atoms with Gasteiger partial charge in [-0.25, -0.2) is 4.98 Å². The molecule has 0 aliphatic heterocycles. The van der Waals surface area contributed by atoms with Crippen LogP contribution in [0.25, 0.3) is 10.2 Å². The maximum absolute atomic E-state index is 13.4. The lowest BCUT2D eigenvalue weighted by Gasteiger charge is -2.21. The monoisotopic (exact) mass is 500 g/mol. The Kier molecular flexibility index (Phi) is 7.97. The van der Waals surface area contributed by atoms with Gasteiger partial charge in [0.2, 0.25) is 0 Å². The van der Waals surface area contributed by atoms with Gasteiger partial charge in [-0.2, -0.15) is 8.78 Å². The predicted octanol–water partition coefficient (Wildman–Crippen LogP) is 7.14. The van der Waals surface area contributed by atoms with E-state index in [2.05, 4.69) is 4.98 Å². The minimum absolute atomic E-state index is 0.254. The summed E-state index contributed by atoms with van der Waals surface area (Å²) in [6.07, 6.45) is 0.846. The molecule has 1 heterocycles. The number of ether oxygens (including phenoxy) is 2. The smallest absolute Gasteiger partial charge is 0.288 e. The minimum Gasteiger partial charge on any atom is -0.490 e. The number of halogens is 2. The number of thiazole rings is 1. The first-order valence-corrected chi connectivity index (χ1v) is 12.3. The van der Waals surface area contributed by atoms with E-state index in [0.29, 0.717) is 45.6 Å². The van der Waals surface area contributed by atoms with Crippen molar-refractivity contribution in [3.8, 4) is 11.5 Å². The van der Waals surface area contributed by atoms with Gasteiger partial charge in [0.25, 0.3) is 11.7 Å². The fourth-order valence-electron chi connectivity index (χ4n) is 3.20. The Morgan fingerprint density at radius 2 is 1.68 bits per heavy atom. The van der Waals surface area contributed by atoms with Crippen LogP contribution in [-0.2, 0) is 4.79 Å². The van der Waals surface area contributed by atoms with E-state index in [1.807, 2.05) is 43.3 Å². The maximum atomic E-state index is 13.4. The summed E-state index contributed by atoms with van der Waals surface area (Å²) < 4.78 is 37.9. The molecule has 0 saturated carbocycles. The first-order chi connectivity index (χ1) is 16.5. The molecule has 0 spiro atoms. The van der Waals surface area contributed by atoms with Crippen LogP contribution in [0.1, 0.15) is 13.3 Å². The Hall–Kier alpha value is -3.17. The number of hydrogen-bond donors (Lipinski definition) is 0. The number of carbonyl (C=O) groups excluding carboxylic acids is 1. The number of hydrogen-bond acceptors (Lipinski definition) is 6. The highest BCUT2D eigenvalue weighted by atomic mass is 32.2. The molecule has 0 aliphatic rings. The number of para-hydroxylation sites is 3. The Morgan fingerprint density at radius 1 is 1.00 bits per heavy atom. The summed E-state index contributed by atoms with van der Waals surface area (Å²) >= 11 is 1.82. The molecule has 0 fully saturated rings. The van der Waals surface area contributed by atoms with Gasteiger partial charge in [-0.15, -0.1) is 0 Å². The number of carbonyl (C=O) groups is 1. The predicted molar refractivity (Wildman–Crippen MR) is 133 cm³/mol. The highest BCUT2D eigenvalue weighted by Crippen LogP contribution is 2.35. The lowest BCUT2D eigenvalue weighted by molar-refractivity contribution is -0.119. The summed E-state index contributed by atoms with van der Waals surface area (Å²) in [7, 11) is 0. The number of fused-ring (bicyclic) bond motifs is 1. The number of thioether (sulfide) groups is 1. The second kappa shape index (κ2) is 11.3. The zero-order chi connectivity index (χ0) is 23.9. The quantitative estimate of drug-likeness (QED) is 0.217. The summed E-state index contributed by atoms with van der Waals surface area (Å²) in [5.41, 5.74) is 1.28. The number of alkyl halides is 2. The van der Waals surface area contributed by atoms with Crippen molar-refractivity contribution in [1.29, 1.82) is 0 Å². The molecule has 0 unspecified atom stereocenters. The number of anilines is 2. The largest absolute Gasteiger partial charge is 0.490 e. The van der Waals surface area contributed by atoms with Crippen LogP contribution >= 0.6 is 23.1 Å². The molecule has 1 amide bonds. The van der Waals surface area contributed by atoms with Gasteiger partial charge in [0.05, 0.1) is 22.5 Å². The van der Waals surface area contributed by atoms with Crippen LogP contribution in [0.4, 0.5) is 19.6 Å². The third-order valence-electron chi connectivity index (χ3n) is 4.71. The van der Waals surface area contributed by atoms with Gasteiger partial charge in [-0.3, -0.25) is 9.69 Å². The van der Waals surface area contributed by atoms with E-state index in [-0.39, 0.29) is 12.5 Å². The van der Waals surface area contributed by atoms with E-state index >= 15 is 0 Å². The average Bonchev–Trinajstić information content (AvgIpc) is 3.26. The number of nitrogens with zero attached hydrogens (tertiary/aromatic N) is 2. The minimum atomic E-state index is -2.52. The summed E-state index contributed by atoms with van der Waals surface area (Å²) in [4.78, 5) is 19.9. The number of benzene rings is 3. The van der Waals surface area contributed by atoms with Gasteiger partial charge in [-0.1, -0.05) is 54.3 Å². The molecule has 0 saturated heterocycles. The van der Waals surface area contributed by atoms with Crippen molar-refractivity contribution in [3.63, 3.8) is 0 Å². The first kappa shape index (κ1) is 24.0. The molecule has 1 aromatic heterocycles. The number of rotatable bonds is 10. The molecule has 0 N–H and O–H groups in total. The zero-order valence-electron chi connectivity index (χ0n) is 18.3. The van der Waals surface area contributed by atoms with Crippen LogP contribution in [-0.4, -0.2) is 29.9 Å². The second-order valence-electron chi connectivity index (χ2n) is 7.15. The molecule has 0 radical (unpaired) electrons. The van der Waals surface area contributed by atoms with Crippen molar-refractivity contribution in [2.45, 2.75) is 24.0 Å². The Bertz CT molecular complexity index is 1220. The molecular formula is C25H22F2N2O3S2. The fraction of sp³-hybridized carbons (Fsp3) is 0.200. The van der Waals surface area contributed by atoms with E-state index in [4.69, 9.17) is 9.47 Å². The molecule has 4 aromatic rings.